The van der Waals surface area contributed by atoms with Crippen molar-refractivity contribution < 1.29 is 9.47 Å². The van der Waals surface area contributed by atoms with Gasteiger partial charge in [0.05, 0.1) is 14.2 Å². The molecule has 0 aromatic heterocycles. The summed E-state index contributed by atoms with van der Waals surface area (Å²) in [6.45, 7) is 3.33. The molecule has 0 amide bonds. The van der Waals surface area contributed by atoms with Crippen molar-refractivity contribution in [3.8, 4) is 11.5 Å². The van der Waals surface area contributed by atoms with Gasteiger partial charge in [0, 0.05) is 24.2 Å². The van der Waals surface area contributed by atoms with Gasteiger partial charge >= 0.3 is 0 Å². The monoisotopic (exact) mass is 304 g/mol. The van der Waals surface area contributed by atoms with E-state index in [4.69, 9.17) is 9.47 Å². The fourth-order valence-electron chi connectivity index (χ4n) is 4.00. The predicted octanol–water partition coefficient (Wildman–Crippen LogP) is 2.67. The van der Waals surface area contributed by atoms with E-state index in [0.29, 0.717) is 11.5 Å². The third kappa shape index (κ3) is 3.08. The highest BCUT2D eigenvalue weighted by Gasteiger charge is 2.45. The van der Waals surface area contributed by atoms with Crippen LogP contribution in [-0.2, 0) is 6.54 Å². The first-order valence-corrected chi connectivity index (χ1v) is 8.28. The first-order chi connectivity index (χ1) is 10.7. The molecule has 0 radical (unpaired) electrons. The first kappa shape index (κ1) is 15.6. The zero-order valence-corrected chi connectivity index (χ0v) is 14.0. The summed E-state index contributed by atoms with van der Waals surface area (Å²) in [4.78, 5) is 2.48. The van der Waals surface area contributed by atoms with E-state index in [0.717, 1.165) is 18.0 Å². The maximum atomic E-state index is 5.51. The summed E-state index contributed by atoms with van der Waals surface area (Å²) >= 11 is 0. The first-order valence-electron chi connectivity index (χ1n) is 8.28. The molecule has 2 aliphatic rings. The summed E-state index contributed by atoms with van der Waals surface area (Å²) in [5, 5.41) is 3.48. The largest absolute Gasteiger partial charge is 0.497 e. The molecule has 22 heavy (non-hydrogen) atoms. The lowest BCUT2D eigenvalue weighted by atomic mass is 9.60. The fraction of sp³-hybridized carbons (Fsp3) is 0.667. The van der Waals surface area contributed by atoms with Crippen LogP contribution in [0.1, 0.15) is 31.2 Å². The molecule has 1 N–H and O–H groups in total. The zero-order chi connectivity index (χ0) is 15.6. The van der Waals surface area contributed by atoms with Gasteiger partial charge in [0.25, 0.3) is 0 Å². The number of rotatable bonds is 5. The second kappa shape index (κ2) is 6.47. The highest BCUT2D eigenvalue weighted by atomic mass is 16.5. The van der Waals surface area contributed by atoms with Gasteiger partial charge < -0.3 is 14.8 Å². The van der Waals surface area contributed by atoms with Crippen molar-refractivity contribution in [2.24, 2.45) is 5.41 Å². The van der Waals surface area contributed by atoms with Crippen molar-refractivity contribution in [3.05, 3.63) is 23.8 Å². The number of hydrogen-bond donors (Lipinski definition) is 1. The van der Waals surface area contributed by atoms with Crippen LogP contribution in [0.25, 0.3) is 0 Å². The lowest BCUT2D eigenvalue weighted by molar-refractivity contribution is -0.0131. The number of nitrogens with zero attached hydrogens (tertiary/aromatic N) is 1. The van der Waals surface area contributed by atoms with Gasteiger partial charge in [0.2, 0.25) is 0 Å². The van der Waals surface area contributed by atoms with Gasteiger partial charge in [0.15, 0.2) is 0 Å². The number of hydrogen-bond acceptors (Lipinski definition) is 4. The lowest BCUT2D eigenvalue weighted by Crippen LogP contribution is -2.53. The van der Waals surface area contributed by atoms with Gasteiger partial charge in [-0.05, 0) is 57.3 Å². The molecule has 4 heteroatoms. The van der Waals surface area contributed by atoms with Crippen LogP contribution in [0.15, 0.2) is 18.2 Å². The molecule has 1 aliphatic carbocycles. The summed E-state index contributed by atoms with van der Waals surface area (Å²) in [5.41, 5.74) is 1.87. The van der Waals surface area contributed by atoms with E-state index >= 15 is 0 Å². The molecule has 3 rings (SSSR count). The molecule has 0 unspecified atom stereocenters. The van der Waals surface area contributed by atoms with Crippen LogP contribution in [0.2, 0.25) is 0 Å². The minimum Gasteiger partial charge on any atom is -0.497 e. The summed E-state index contributed by atoms with van der Waals surface area (Å²) in [6.07, 6.45) is 5.40. The standard InChI is InChI=1S/C18H28N2O2/c1-20(15-11-18(12-15)6-8-19-9-7-18)13-14-4-5-16(21-2)10-17(14)22-3/h4-5,10,15,19H,6-9,11-13H2,1-3H3. The molecule has 1 heterocycles. The summed E-state index contributed by atoms with van der Waals surface area (Å²) in [7, 11) is 5.65. The van der Waals surface area contributed by atoms with E-state index in [9.17, 15) is 0 Å². The second-order valence-corrected chi connectivity index (χ2v) is 6.90. The Balaban J connectivity index is 1.59. The van der Waals surface area contributed by atoms with Gasteiger partial charge in [-0.1, -0.05) is 6.07 Å². The van der Waals surface area contributed by atoms with E-state index in [2.05, 4.69) is 23.3 Å². The number of piperidine rings is 1. The molecular weight excluding hydrogens is 276 g/mol. The van der Waals surface area contributed by atoms with Crippen LogP contribution in [-0.4, -0.2) is 45.3 Å². The van der Waals surface area contributed by atoms with E-state index in [1.54, 1.807) is 14.2 Å². The number of nitrogens with one attached hydrogen (secondary N) is 1. The SMILES string of the molecule is COc1ccc(CN(C)C2CC3(CCNCC3)C2)c(OC)c1. The zero-order valence-electron chi connectivity index (χ0n) is 14.0. The van der Waals surface area contributed by atoms with Gasteiger partial charge in [0.1, 0.15) is 11.5 Å². The number of benzene rings is 1. The Morgan fingerprint density at radius 2 is 1.91 bits per heavy atom. The van der Waals surface area contributed by atoms with Crippen LogP contribution in [0.3, 0.4) is 0 Å². The minimum absolute atomic E-state index is 0.633. The van der Waals surface area contributed by atoms with E-state index in [1.807, 2.05) is 12.1 Å². The van der Waals surface area contributed by atoms with Crippen molar-refractivity contribution in [1.29, 1.82) is 0 Å². The molecule has 2 fully saturated rings. The van der Waals surface area contributed by atoms with E-state index in [1.165, 1.54) is 44.3 Å². The average molecular weight is 304 g/mol. The van der Waals surface area contributed by atoms with Crippen LogP contribution in [0, 0.1) is 5.41 Å². The number of ether oxygens (including phenoxy) is 2. The van der Waals surface area contributed by atoms with Crippen molar-refractivity contribution in [2.45, 2.75) is 38.3 Å². The summed E-state index contributed by atoms with van der Waals surface area (Å²) < 4.78 is 10.8. The molecule has 1 aromatic carbocycles. The Kier molecular flexibility index (Phi) is 4.59. The normalized spacial score (nSPS) is 20.9. The summed E-state index contributed by atoms with van der Waals surface area (Å²) in [6, 6.07) is 6.82. The molecule has 1 saturated heterocycles. The lowest BCUT2D eigenvalue weighted by Gasteiger charge is -2.53. The molecular formula is C18H28N2O2. The quantitative estimate of drug-likeness (QED) is 0.907. The fourth-order valence-corrected chi connectivity index (χ4v) is 4.00. The van der Waals surface area contributed by atoms with Crippen molar-refractivity contribution in [1.82, 2.24) is 10.2 Å². The minimum atomic E-state index is 0.633. The van der Waals surface area contributed by atoms with Crippen LogP contribution in [0.5, 0.6) is 11.5 Å². The molecule has 1 aliphatic heterocycles. The predicted molar refractivity (Wildman–Crippen MR) is 88.6 cm³/mol. The Morgan fingerprint density at radius 1 is 1.18 bits per heavy atom. The van der Waals surface area contributed by atoms with E-state index in [-0.39, 0.29) is 0 Å². The third-order valence-electron chi connectivity index (χ3n) is 5.54. The van der Waals surface area contributed by atoms with Crippen LogP contribution in [0.4, 0.5) is 0 Å². The molecule has 1 aromatic rings. The highest BCUT2D eigenvalue weighted by Crippen LogP contribution is 2.49. The third-order valence-corrected chi connectivity index (χ3v) is 5.54. The van der Waals surface area contributed by atoms with E-state index < -0.39 is 0 Å². The van der Waals surface area contributed by atoms with Crippen molar-refractivity contribution >= 4 is 0 Å². The molecule has 0 atom stereocenters. The second-order valence-electron chi connectivity index (χ2n) is 6.90. The Labute approximate surface area is 133 Å². The van der Waals surface area contributed by atoms with Crippen molar-refractivity contribution in [2.75, 3.05) is 34.4 Å². The topological polar surface area (TPSA) is 33.7 Å². The summed E-state index contributed by atoms with van der Waals surface area (Å²) in [5.74, 6) is 1.77. The Morgan fingerprint density at radius 3 is 2.55 bits per heavy atom. The van der Waals surface area contributed by atoms with Gasteiger partial charge in [-0.2, -0.15) is 0 Å². The van der Waals surface area contributed by atoms with Gasteiger partial charge in [-0.25, -0.2) is 0 Å². The highest BCUT2D eigenvalue weighted by molar-refractivity contribution is 5.40. The van der Waals surface area contributed by atoms with Gasteiger partial charge in [-0.3, -0.25) is 4.90 Å². The van der Waals surface area contributed by atoms with Crippen LogP contribution < -0.4 is 14.8 Å². The van der Waals surface area contributed by atoms with Gasteiger partial charge in [-0.15, -0.1) is 0 Å². The molecule has 122 valence electrons. The molecule has 4 nitrogen and oxygen atoms in total. The maximum Gasteiger partial charge on any atom is 0.127 e. The number of methoxy groups -OCH3 is 2. The Hall–Kier alpha value is -1.26. The van der Waals surface area contributed by atoms with Crippen LogP contribution >= 0.6 is 0 Å². The maximum absolute atomic E-state index is 5.51. The Bertz CT molecular complexity index is 504. The smallest absolute Gasteiger partial charge is 0.127 e. The molecule has 1 saturated carbocycles. The average Bonchev–Trinajstić information content (AvgIpc) is 2.53. The molecule has 1 spiro atoms. The molecule has 0 bridgehead atoms. The van der Waals surface area contributed by atoms with Crippen molar-refractivity contribution in [3.63, 3.8) is 0 Å².